The van der Waals surface area contributed by atoms with E-state index in [1.807, 2.05) is 18.7 Å². The van der Waals surface area contributed by atoms with Crippen LogP contribution in [-0.2, 0) is 4.74 Å². The van der Waals surface area contributed by atoms with E-state index in [-0.39, 0.29) is 17.7 Å². The standard InChI is InChI=1S/C21H39N3O2/c1-17(2)26-20(25)23-15-11-21(3,12-16-23)24-13-9-19(10-14-24)22-18-7-5-4-6-8-18/h17-19,22H,4-16H2,1-3H3. The molecule has 0 bridgehead atoms. The minimum Gasteiger partial charge on any atom is -0.447 e. The van der Waals surface area contributed by atoms with Crippen molar-refractivity contribution >= 4 is 6.09 Å². The molecular formula is C21H39N3O2. The summed E-state index contributed by atoms with van der Waals surface area (Å²) in [5, 5.41) is 3.94. The average Bonchev–Trinajstić information content (AvgIpc) is 2.63. The number of amides is 1. The second kappa shape index (κ2) is 8.92. The first-order valence-electron chi connectivity index (χ1n) is 10.9. The quantitative estimate of drug-likeness (QED) is 0.824. The topological polar surface area (TPSA) is 44.8 Å². The fourth-order valence-corrected chi connectivity index (χ4v) is 4.95. The molecule has 2 heterocycles. The maximum atomic E-state index is 12.1. The van der Waals surface area contributed by atoms with Crippen molar-refractivity contribution in [1.82, 2.24) is 15.1 Å². The number of nitrogens with one attached hydrogen (secondary N) is 1. The van der Waals surface area contributed by atoms with Gasteiger partial charge in [-0.2, -0.15) is 0 Å². The molecule has 0 atom stereocenters. The molecule has 0 unspecified atom stereocenters. The maximum absolute atomic E-state index is 12.1. The van der Waals surface area contributed by atoms with Gasteiger partial charge in [0.2, 0.25) is 0 Å². The highest BCUT2D eigenvalue weighted by atomic mass is 16.6. The van der Waals surface area contributed by atoms with E-state index >= 15 is 0 Å². The van der Waals surface area contributed by atoms with Crippen LogP contribution >= 0.6 is 0 Å². The van der Waals surface area contributed by atoms with Crippen molar-refractivity contribution in [2.45, 2.75) is 102 Å². The number of hydrogen-bond acceptors (Lipinski definition) is 4. The largest absolute Gasteiger partial charge is 0.447 e. The number of ether oxygens (including phenoxy) is 1. The highest BCUT2D eigenvalue weighted by Crippen LogP contribution is 2.32. The van der Waals surface area contributed by atoms with Gasteiger partial charge in [-0.1, -0.05) is 19.3 Å². The summed E-state index contributed by atoms with van der Waals surface area (Å²) in [6, 6.07) is 1.48. The minimum atomic E-state index is -0.141. The molecule has 3 fully saturated rings. The van der Waals surface area contributed by atoms with E-state index in [1.54, 1.807) is 0 Å². The van der Waals surface area contributed by atoms with Crippen molar-refractivity contribution in [3.8, 4) is 0 Å². The van der Waals surface area contributed by atoms with Crippen LogP contribution < -0.4 is 5.32 Å². The fraction of sp³-hybridized carbons (Fsp3) is 0.952. The lowest BCUT2D eigenvalue weighted by atomic mass is 9.85. The minimum absolute atomic E-state index is 0.0356. The Morgan fingerprint density at radius 3 is 2.12 bits per heavy atom. The Morgan fingerprint density at radius 1 is 0.962 bits per heavy atom. The van der Waals surface area contributed by atoms with Gasteiger partial charge in [-0.05, 0) is 59.3 Å². The predicted octanol–water partition coefficient (Wildman–Crippen LogP) is 3.77. The molecule has 1 amide bonds. The van der Waals surface area contributed by atoms with Crippen molar-refractivity contribution in [2.24, 2.45) is 0 Å². The van der Waals surface area contributed by atoms with E-state index in [4.69, 9.17) is 4.74 Å². The summed E-state index contributed by atoms with van der Waals surface area (Å²) in [5.74, 6) is 0. The highest BCUT2D eigenvalue weighted by molar-refractivity contribution is 5.67. The van der Waals surface area contributed by atoms with Crippen LogP contribution in [0.2, 0.25) is 0 Å². The zero-order chi connectivity index (χ0) is 18.6. The van der Waals surface area contributed by atoms with Crippen molar-refractivity contribution in [1.29, 1.82) is 0 Å². The highest BCUT2D eigenvalue weighted by Gasteiger charge is 2.39. The lowest BCUT2D eigenvalue weighted by Gasteiger charge is -2.49. The Hall–Kier alpha value is -0.810. The molecule has 0 spiro atoms. The number of rotatable bonds is 4. The summed E-state index contributed by atoms with van der Waals surface area (Å²) in [4.78, 5) is 16.7. The van der Waals surface area contributed by atoms with Gasteiger partial charge in [0.15, 0.2) is 0 Å². The number of hydrogen-bond donors (Lipinski definition) is 1. The number of piperidine rings is 2. The van der Waals surface area contributed by atoms with Crippen molar-refractivity contribution in [3.63, 3.8) is 0 Å². The molecular weight excluding hydrogens is 326 g/mol. The lowest BCUT2D eigenvalue weighted by molar-refractivity contribution is 0.00691. The van der Waals surface area contributed by atoms with Gasteiger partial charge in [-0.25, -0.2) is 4.79 Å². The van der Waals surface area contributed by atoms with E-state index < -0.39 is 0 Å². The lowest BCUT2D eigenvalue weighted by Crippen LogP contribution is -2.58. The van der Waals surface area contributed by atoms with E-state index in [0.29, 0.717) is 6.04 Å². The molecule has 26 heavy (non-hydrogen) atoms. The maximum Gasteiger partial charge on any atom is 0.410 e. The third kappa shape index (κ3) is 5.13. The molecule has 1 N–H and O–H groups in total. The average molecular weight is 366 g/mol. The second-order valence-corrected chi connectivity index (χ2v) is 9.18. The normalized spacial score (nSPS) is 26.2. The van der Waals surface area contributed by atoms with E-state index in [1.165, 1.54) is 58.0 Å². The molecule has 0 aromatic rings. The van der Waals surface area contributed by atoms with E-state index in [2.05, 4.69) is 17.1 Å². The third-order valence-electron chi connectivity index (χ3n) is 6.77. The van der Waals surface area contributed by atoms with Crippen LogP contribution in [0.5, 0.6) is 0 Å². The van der Waals surface area contributed by atoms with Crippen molar-refractivity contribution in [3.05, 3.63) is 0 Å². The van der Waals surface area contributed by atoms with Gasteiger partial charge in [-0.15, -0.1) is 0 Å². The smallest absolute Gasteiger partial charge is 0.410 e. The molecule has 150 valence electrons. The summed E-state index contributed by atoms with van der Waals surface area (Å²) in [6.07, 6.45) is 11.5. The van der Waals surface area contributed by atoms with Crippen LogP contribution in [-0.4, -0.2) is 65.8 Å². The first-order chi connectivity index (χ1) is 12.5. The molecule has 2 aliphatic heterocycles. The van der Waals surface area contributed by atoms with Crippen LogP contribution in [0.15, 0.2) is 0 Å². The summed E-state index contributed by atoms with van der Waals surface area (Å²) in [5.41, 5.74) is 0.240. The third-order valence-corrected chi connectivity index (χ3v) is 6.77. The van der Waals surface area contributed by atoms with Crippen molar-refractivity contribution in [2.75, 3.05) is 26.2 Å². The van der Waals surface area contributed by atoms with Gasteiger partial charge in [-0.3, -0.25) is 4.90 Å². The Balaban J connectivity index is 1.42. The molecule has 1 aliphatic carbocycles. The SMILES string of the molecule is CC(C)OC(=O)N1CCC(C)(N2CCC(NC3CCCCC3)CC2)CC1. The van der Waals surface area contributed by atoms with Crippen LogP contribution in [0.3, 0.4) is 0 Å². The van der Waals surface area contributed by atoms with Gasteiger partial charge in [0.1, 0.15) is 0 Å². The zero-order valence-electron chi connectivity index (χ0n) is 17.1. The fourth-order valence-electron chi connectivity index (χ4n) is 4.95. The molecule has 3 rings (SSSR count). The first kappa shape index (κ1) is 19.9. The summed E-state index contributed by atoms with van der Waals surface area (Å²) < 4.78 is 5.35. The first-order valence-corrected chi connectivity index (χ1v) is 10.9. The molecule has 1 saturated carbocycles. The van der Waals surface area contributed by atoms with Crippen LogP contribution in [0.4, 0.5) is 4.79 Å². The Kier molecular flexibility index (Phi) is 6.84. The second-order valence-electron chi connectivity index (χ2n) is 9.18. The molecule has 5 nitrogen and oxygen atoms in total. The number of carbonyl (C=O) groups is 1. The summed E-state index contributed by atoms with van der Waals surface area (Å²) in [6.45, 7) is 10.3. The Labute approximate surface area is 159 Å². The number of nitrogens with zero attached hydrogens (tertiary/aromatic N) is 2. The summed E-state index contributed by atoms with van der Waals surface area (Å²) >= 11 is 0. The molecule has 0 aromatic carbocycles. The predicted molar refractivity (Wildman–Crippen MR) is 105 cm³/mol. The summed E-state index contributed by atoms with van der Waals surface area (Å²) in [7, 11) is 0. The molecule has 5 heteroatoms. The van der Waals surface area contributed by atoms with Crippen molar-refractivity contribution < 1.29 is 9.53 Å². The van der Waals surface area contributed by atoms with Gasteiger partial charge in [0.05, 0.1) is 6.10 Å². The zero-order valence-corrected chi connectivity index (χ0v) is 17.1. The molecule has 2 saturated heterocycles. The molecule has 0 radical (unpaired) electrons. The van der Waals surface area contributed by atoms with Crippen LogP contribution in [0.25, 0.3) is 0 Å². The van der Waals surface area contributed by atoms with Crippen LogP contribution in [0.1, 0.15) is 78.6 Å². The molecule has 0 aromatic heterocycles. The number of likely N-dealkylation sites (tertiary alicyclic amines) is 2. The van der Waals surface area contributed by atoms with Gasteiger partial charge in [0.25, 0.3) is 0 Å². The van der Waals surface area contributed by atoms with E-state index in [9.17, 15) is 4.79 Å². The number of carbonyl (C=O) groups excluding carboxylic acids is 1. The van der Waals surface area contributed by atoms with Gasteiger partial charge >= 0.3 is 6.09 Å². The Morgan fingerprint density at radius 2 is 1.54 bits per heavy atom. The van der Waals surface area contributed by atoms with Gasteiger partial charge < -0.3 is 15.0 Å². The monoisotopic (exact) mass is 365 g/mol. The molecule has 3 aliphatic rings. The van der Waals surface area contributed by atoms with E-state index in [0.717, 1.165) is 32.0 Å². The Bertz CT molecular complexity index is 446. The van der Waals surface area contributed by atoms with Gasteiger partial charge in [0, 0.05) is 43.8 Å². The van der Waals surface area contributed by atoms with Crippen LogP contribution in [0, 0.1) is 0 Å².